The molecule has 0 saturated heterocycles. The van der Waals surface area contributed by atoms with Crippen molar-refractivity contribution < 1.29 is 9.53 Å². The highest BCUT2D eigenvalue weighted by Crippen LogP contribution is 2.23. The quantitative estimate of drug-likeness (QED) is 0.802. The molecule has 0 aromatic heterocycles. The number of benzene rings is 1. The van der Waals surface area contributed by atoms with E-state index in [1.165, 1.54) is 32.1 Å². The first-order chi connectivity index (χ1) is 9.24. The average molecular weight is 262 g/mol. The molecule has 0 spiro atoms. The molecular weight excluding hydrogens is 240 g/mol. The van der Waals surface area contributed by atoms with Crippen molar-refractivity contribution >= 4 is 17.3 Å². The predicted molar refractivity (Wildman–Crippen MR) is 76.9 cm³/mol. The highest BCUT2D eigenvalue weighted by molar-refractivity contribution is 5.92. The lowest BCUT2D eigenvalue weighted by atomic mass is 9.90. The molecule has 1 amide bonds. The Balaban J connectivity index is 1.67. The lowest BCUT2D eigenvalue weighted by molar-refractivity contribution is -0.121. The summed E-state index contributed by atoms with van der Waals surface area (Å²) in [5.41, 5.74) is 7.00. The minimum atomic E-state index is -0.124. The fourth-order valence-electron chi connectivity index (χ4n) is 2.49. The van der Waals surface area contributed by atoms with E-state index < -0.39 is 0 Å². The van der Waals surface area contributed by atoms with E-state index in [9.17, 15) is 4.79 Å². The van der Waals surface area contributed by atoms with Crippen LogP contribution in [0.1, 0.15) is 32.1 Å². The fraction of sp³-hybridized carbons (Fsp3) is 0.533. The van der Waals surface area contributed by atoms with Crippen LogP contribution in [-0.2, 0) is 9.53 Å². The van der Waals surface area contributed by atoms with Gasteiger partial charge in [0.1, 0.15) is 6.61 Å². The van der Waals surface area contributed by atoms with Gasteiger partial charge in [-0.25, -0.2) is 0 Å². The zero-order chi connectivity index (χ0) is 13.5. The molecule has 1 saturated carbocycles. The van der Waals surface area contributed by atoms with Gasteiger partial charge in [-0.1, -0.05) is 25.3 Å². The molecule has 4 nitrogen and oxygen atoms in total. The Hall–Kier alpha value is -1.55. The van der Waals surface area contributed by atoms with Crippen LogP contribution in [0.15, 0.2) is 24.3 Å². The van der Waals surface area contributed by atoms with Crippen LogP contribution in [0, 0.1) is 5.92 Å². The van der Waals surface area contributed by atoms with Crippen LogP contribution in [-0.4, -0.2) is 19.1 Å². The first-order valence-electron chi connectivity index (χ1n) is 6.97. The number of ether oxygens (including phenoxy) is 1. The Morgan fingerprint density at radius 3 is 2.84 bits per heavy atom. The number of hydrogen-bond donors (Lipinski definition) is 2. The minimum absolute atomic E-state index is 0.116. The van der Waals surface area contributed by atoms with E-state index in [4.69, 9.17) is 10.5 Å². The van der Waals surface area contributed by atoms with E-state index in [1.54, 1.807) is 12.1 Å². The van der Waals surface area contributed by atoms with Crippen molar-refractivity contribution in [3.05, 3.63) is 24.3 Å². The second-order valence-electron chi connectivity index (χ2n) is 5.19. The molecule has 1 aliphatic carbocycles. The van der Waals surface area contributed by atoms with Crippen LogP contribution >= 0.6 is 0 Å². The Morgan fingerprint density at radius 2 is 2.11 bits per heavy atom. The third-order valence-electron chi connectivity index (χ3n) is 3.48. The second-order valence-corrected chi connectivity index (χ2v) is 5.19. The molecular formula is C15H22N2O2. The van der Waals surface area contributed by atoms with Crippen molar-refractivity contribution in [2.24, 2.45) is 5.92 Å². The van der Waals surface area contributed by atoms with Gasteiger partial charge in [0.25, 0.3) is 0 Å². The molecule has 4 heteroatoms. The van der Waals surface area contributed by atoms with Crippen LogP contribution in [0.4, 0.5) is 11.4 Å². The molecule has 104 valence electrons. The summed E-state index contributed by atoms with van der Waals surface area (Å²) in [6.45, 7) is 0.815. The SMILES string of the molecule is Nc1cccc(NC(=O)COCC2CCCCC2)c1. The topological polar surface area (TPSA) is 64.3 Å². The Labute approximate surface area is 114 Å². The smallest absolute Gasteiger partial charge is 0.250 e. The van der Waals surface area contributed by atoms with Crippen molar-refractivity contribution in [3.63, 3.8) is 0 Å². The van der Waals surface area contributed by atoms with Gasteiger partial charge in [0.05, 0.1) is 6.61 Å². The van der Waals surface area contributed by atoms with E-state index in [0.717, 1.165) is 0 Å². The van der Waals surface area contributed by atoms with Gasteiger partial charge < -0.3 is 15.8 Å². The van der Waals surface area contributed by atoms with E-state index in [-0.39, 0.29) is 12.5 Å². The maximum atomic E-state index is 11.7. The summed E-state index contributed by atoms with van der Waals surface area (Å²) in [6, 6.07) is 7.15. The number of nitrogens with two attached hydrogens (primary N) is 1. The lowest BCUT2D eigenvalue weighted by Gasteiger charge is -2.21. The van der Waals surface area contributed by atoms with Gasteiger partial charge in [-0.05, 0) is 37.0 Å². The molecule has 3 N–H and O–H groups in total. The van der Waals surface area contributed by atoms with Gasteiger partial charge in [0, 0.05) is 11.4 Å². The molecule has 1 aliphatic rings. The standard InChI is InChI=1S/C15H22N2O2/c16-13-7-4-8-14(9-13)17-15(18)11-19-10-12-5-2-1-3-6-12/h4,7-9,12H,1-3,5-6,10-11,16H2,(H,17,18). The number of nitrogen functional groups attached to an aromatic ring is 1. The summed E-state index contributed by atoms with van der Waals surface area (Å²) in [5.74, 6) is 0.510. The van der Waals surface area contributed by atoms with Crippen molar-refractivity contribution in [1.29, 1.82) is 0 Å². The van der Waals surface area contributed by atoms with Crippen molar-refractivity contribution in [2.45, 2.75) is 32.1 Å². The molecule has 0 radical (unpaired) electrons. The molecule has 2 rings (SSSR count). The summed E-state index contributed by atoms with van der Waals surface area (Å²) < 4.78 is 5.49. The molecule has 0 heterocycles. The molecule has 1 aromatic rings. The average Bonchev–Trinajstić information content (AvgIpc) is 2.40. The third-order valence-corrected chi connectivity index (χ3v) is 3.48. The van der Waals surface area contributed by atoms with Crippen LogP contribution < -0.4 is 11.1 Å². The molecule has 19 heavy (non-hydrogen) atoms. The van der Waals surface area contributed by atoms with E-state index in [1.807, 2.05) is 12.1 Å². The summed E-state index contributed by atoms with van der Waals surface area (Å²) in [6.07, 6.45) is 6.40. The predicted octanol–water partition coefficient (Wildman–Crippen LogP) is 2.80. The summed E-state index contributed by atoms with van der Waals surface area (Å²) in [4.78, 5) is 11.7. The second kappa shape index (κ2) is 7.14. The molecule has 0 bridgehead atoms. The highest BCUT2D eigenvalue weighted by Gasteiger charge is 2.14. The summed E-state index contributed by atoms with van der Waals surface area (Å²) >= 11 is 0. The maximum Gasteiger partial charge on any atom is 0.250 e. The van der Waals surface area contributed by atoms with Crippen molar-refractivity contribution in [1.82, 2.24) is 0 Å². The molecule has 0 aliphatic heterocycles. The Morgan fingerprint density at radius 1 is 1.32 bits per heavy atom. The number of amides is 1. The Bertz CT molecular complexity index is 414. The molecule has 0 atom stereocenters. The van der Waals surface area contributed by atoms with Crippen molar-refractivity contribution in [3.8, 4) is 0 Å². The van der Waals surface area contributed by atoms with Gasteiger partial charge in [-0.3, -0.25) is 4.79 Å². The molecule has 1 fully saturated rings. The van der Waals surface area contributed by atoms with Gasteiger partial charge in [0.15, 0.2) is 0 Å². The van der Waals surface area contributed by atoms with Gasteiger partial charge in [-0.15, -0.1) is 0 Å². The van der Waals surface area contributed by atoms with E-state index >= 15 is 0 Å². The highest BCUT2D eigenvalue weighted by atomic mass is 16.5. The number of hydrogen-bond acceptors (Lipinski definition) is 3. The zero-order valence-corrected chi connectivity index (χ0v) is 11.2. The molecule has 0 unspecified atom stereocenters. The number of rotatable bonds is 5. The number of carbonyl (C=O) groups is 1. The van der Waals surface area contributed by atoms with Gasteiger partial charge in [-0.2, -0.15) is 0 Å². The first-order valence-corrected chi connectivity index (χ1v) is 6.97. The van der Waals surface area contributed by atoms with Crippen molar-refractivity contribution in [2.75, 3.05) is 24.3 Å². The minimum Gasteiger partial charge on any atom is -0.399 e. The summed E-state index contributed by atoms with van der Waals surface area (Å²) in [7, 11) is 0. The van der Waals surface area contributed by atoms with E-state index in [2.05, 4.69) is 5.32 Å². The van der Waals surface area contributed by atoms with Gasteiger partial charge in [0.2, 0.25) is 5.91 Å². The van der Waals surface area contributed by atoms with Crippen LogP contribution in [0.25, 0.3) is 0 Å². The van der Waals surface area contributed by atoms with Crippen LogP contribution in [0.2, 0.25) is 0 Å². The van der Waals surface area contributed by atoms with Gasteiger partial charge >= 0.3 is 0 Å². The summed E-state index contributed by atoms with van der Waals surface area (Å²) in [5, 5.41) is 2.78. The molecule has 1 aromatic carbocycles. The Kier molecular flexibility index (Phi) is 5.21. The third kappa shape index (κ3) is 4.91. The number of anilines is 2. The first kappa shape index (κ1) is 13.9. The monoisotopic (exact) mass is 262 g/mol. The fourth-order valence-corrected chi connectivity index (χ4v) is 2.49. The van der Waals surface area contributed by atoms with E-state index in [0.29, 0.717) is 23.9 Å². The lowest BCUT2D eigenvalue weighted by Crippen LogP contribution is -2.21. The largest absolute Gasteiger partial charge is 0.399 e. The van der Waals surface area contributed by atoms with Crippen LogP contribution in [0.5, 0.6) is 0 Å². The maximum absolute atomic E-state index is 11.7. The zero-order valence-electron chi connectivity index (χ0n) is 11.2. The number of carbonyl (C=O) groups excluding carboxylic acids is 1. The van der Waals surface area contributed by atoms with Crippen LogP contribution in [0.3, 0.4) is 0 Å². The normalized spacial score (nSPS) is 16.2. The number of nitrogens with one attached hydrogen (secondary N) is 1.